The van der Waals surface area contributed by atoms with Crippen LogP contribution in [0.3, 0.4) is 0 Å². The van der Waals surface area contributed by atoms with Crippen molar-refractivity contribution in [1.29, 1.82) is 0 Å². The Hall–Kier alpha value is -3.38. The lowest BCUT2D eigenvalue weighted by atomic mass is 10.1. The van der Waals surface area contributed by atoms with Gasteiger partial charge in [-0.2, -0.15) is 0 Å². The summed E-state index contributed by atoms with van der Waals surface area (Å²) in [6.45, 7) is 5.60. The molecule has 1 aliphatic heterocycles. The van der Waals surface area contributed by atoms with Crippen molar-refractivity contribution in [2.75, 3.05) is 33.3 Å². The zero-order valence-corrected chi connectivity index (χ0v) is 17.9. The number of nitrogens with one attached hydrogen (secondary N) is 1. The molecule has 160 valence electrons. The van der Waals surface area contributed by atoms with E-state index in [1.165, 1.54) is 5.56 Å². The molecule has 2 heterocycles. The second kappa shape index (κ2) is 9.18. The van der Waals surface area contributed by atoms with Gasteiger partial charge in [-0.15, -0.1) is 0 Å². The number of nitrogens with zero attached hydrogens (tertiary/aromatic N) is 2. The summed E-state index contributed by atoms with van der Waals surface area (Å²) in [6, 6.07) is 19.4. The number of aryl methyl sites for hydroxylation is 1. The number of aromatic nitrogens is 1. The van der Waals surface area contributed by atoms with Gasteiger partial charge in [-0.05, 0) is 48.4 Å². The maximum absolute atomic E-state index is 12.9. The molecule has 1 amide bonds. The van der Waals surface area contributed by atoms with Gasteiger partial charge in [0.2, 0.25) is 0 Å². The van der Waals surface area contributed by atoms with Gasteiger partial charge in [-0.3, -0.25) is 14.5 Å². The highest BCUT2D eigenvalue weighted by Gasteiger charge is 2.24. The predicted molar refractivity (Wildman–Crippen MR) is 121 cm³/mol. The zero-order chi connectivity index (χ0) is 21.8. The number of hydrogen-bond acceptors (Lipinski definition) is 4. The number of carbonyl (C=O) groups is 1. The third-order valence-electron chi connectivity index (χ3n) is 5.69. The first-order valence-corrected chi connectivity index (χ1v) is 10.5. The summed E-state index contributed by atoms with van der Waals surface area (Å²) < 4.78 is 5.20. The molecule has 1 fully saturated rings. The lowest BCUT2D eigenvalue weighted by molar-refractivity contribution is 0.0626. The zero-order valence-electron chi connectivity index (χ0n) is 17.9. The average molecular weight is 418 g/mol. The molecule has 1 aromatic heterocycles. The van der Waals surface area contributed by atoms with E-state index in [2.05, 4.69) is 22.0 Å². The van der Waals surface area contributed by atoms with Gasteiger partial charge in [0.05, 0.1) is 7.11 Å². The summed E-state index contributed by atoms with van der Waals surface area (Å²) in [7, 11) is 1.66. The van der Waals surface area contributed by atoms with Gasteiger partial charge < -0.3 is 14.6 Å². The number of benzene rings is 2. The van der Waals surface area contributed by atoms with E-state index in [9.17, 15) is 9.59 Å². The average Bonchev–Trinajstić information content (AvgIpc) is 2.79. The molecule has 1 saturated heterocycles. The first-order valence-electron chi connectivity index (χ1n) is 10.5. The number of hydrogen-bond donors (Lipinski definition) is 1. The largest absolute Gasteiger partial charge is 0.497 e. The first kappa shape index (κ1) is 20.9. The summed E-state index contributed by atoms with van der Waals surface area (Å²) >= 11 is 0. The van der Waals surface area contributed by atoms with Crippen molar-refractivity contribution in [3.63, 3.8) is 0 Å². The van der Waals surface area contributed by atoms with E-state index in [0.717, 1.165) is 42.2 Å². The number of H-pyrrole nitrogens is 1. The Morgan fingerprint density at radius 1 is 1.00 bits per heavy atom. The quantitative estimate of drug-likeness (QED) is 0.692. The molecule has 0 saturated carbocycles. The molecule has 0 radical (unpaired) electrons. The summed E-state index contributed by atoms with van der Waals surface area (Å²) in [5.41, 5.74) is 3.83. The molecule has 1 aliphatic rings. The van der Waals surface area contributed by atoms with Crippen LogP contribution in [0.15, 0.2) is 65.5 Å². The summed E-state index contributed by atoms with van der Waals surface area (Å²) in [6.07, 6.45) is 0. The molecule has 0 spiro atoms. The maximum atomic E-state index is 12.9. The highest BCUT2D eigenvalue weighted by Crippen LogP contribution is 2.18. The van der Waals surface area contributed by atoms with Crippen LogP contribution in [0.5, 0.6) is 5.75 Å². The molecule has 0 bridgehead atoms. The van der Waals surface area contributed by atoms with E-state index in [-0.39, 0.29) is 17.0 Å². The van der Waals surface area contributed by atoms with Crippen molar-refractivity contribution in [2.24, 2.45) is 0 Å². The fourth-order valence-electron chi connectivity index (χ4n) is 3.89. The van der Waals surface area contributed by atoms with Crippen molar-refractivity contribution in [1.82, 2.24) is 14.8 Å². The lowest BCUT2D eigenvalue weighted by Crippen LogP contribution is -2.49. The number of rotatable bonds is 5. The first-order chi connectivity index (χ1) is 15.0. The van der Waals surface area contributed by atoms with Gasteiger partial charge in [0.15, 0.2) is 0 Å². The second-order valence-electron chi connectivity index (χ2n) is 7.90. The van der Waals surface area contributed by atoms with Crippen LogP contribution < -0.4 is 10.3 Å². The number of amides is 1. The number of ether oxygens (including phenoxy) is 1. The Bertz CT molecular complexity index is 1110. The van der Waals surface area contributed by atoms with Crippen LogP contribution in [0.25, 0.3) is 11.3 Å². The summed E-state index contributed by atoms with van der Waals surface area (Å²) in [4.78, 5) is 32.5. The van der Waals surface area contributed by atoms with E-state index in [1.54, 1.807) is 18.1 Å². The topological polar surface area (TPSA) is 65.6 Å². The molecule has 2 aromatic carbocycles. The Labute approximate surface area is 182 Å². The molecule has 1 N–H and O–H groups in total. The molecule has 0 aliphatic carbocycles. The number of pyridine rings is 1. The van der Waals surface area contributed by atoms with Crippen molar-refractivity contribution in [2.45, 2.75) is 13.5 Å². The minimum Gasteiger partial charge on any atom is -0.497 e. The maximum Gasteiger partial charge on any atom is 0.261 e. The van der Waals surface area contributed by atoms with E-state index in [4.69, 9.17) is 4.74 Å². The van der Waals surface area contributed by atoms with Gasteiger partial charge in [0.1, 0.15) is 11.3 Å². The molecule has 31 heavy (non-hydrogen) atoms. The predicted octanol–water partition coefficient (Wildman–Crippen LogP) is 3.32. The fraction of sp³-hybridized carbons (Fsp3) is 0.280. The van der Waals surface area contributed by atoms with Gasteiger partial charge >= 0.3 is 0 Å². The van der Waals surface area contributed by atoms with Gasteiger partial charge in [-0.25, -0.2) is 0 Å². The van der Waals surface area contributed by atoms with Crippen LogP contribution in [0.1, 0.15) is 21.5 Å². The highest BCUT2D eigenvalue weighted by molar-refractivity contribution is 5.94. The third kappa shape index (κ3) is 4.86. The van der Waals surface area contributed by atoms with Crippen molar-refractivity contribution >= 4 is 5.91 Å². The van der Waals surface area contributed by atoms with E-state index in [0.29, 0.717) is 13.1 Å². The van der Waals surface area contributed by atoms with Gasteiger partial charge in [0.25, 0.3) is 11.5 Å². The van der Waals surface area contributed by atoms with Crippen molar-refractivity contribution in [3.05, 3.63) is 87.7 Å². The minimum atomic E-state index is -0.343. The van der Waals surface area contributed by atoms with Crippen LogP contribution in [0.2, 0.25) is 0 Å². The van der Waals surface area contributed by atoms with Gasteiger partial charge in [-0.1, -0.05) is 35.9 Å². The minimum absolute atomic E-state index is 0.194. The SMILES string of the molecule is COc1ccc(CN2CCN(C(=O)c3ccc(-c4cccc(C)c4)[nH]c3=O)CC2)cc1. The molecule has 3 aromatic rings. The molecular weight excluding hydrogens is 390 g/mol. The van der Waals surface area contributed by atoms with Crippen LogP contribution in [-0.2, 0) is 6.54 Å². The van der Waals surface area contributed by atoms with Gasteiger partial charge in [0, 0.05) is 38.4 Å². The lowest BCUT2D eigenvalue weighted by Gasteiger charge is -2.34. The summed E-state index contributed by atoms with van der Waals surface area (Å²) in [5, 5.41) is 0. The Kier molecular flexibility index (Phi) is 6.18. The number of aromatic amines is 1. The van der Waals surface area contributed by atoms with Crippen molar-refractivity contribution in [3.8, 4) is 17.0 Å². The van der Waals surface area contributed by atoms with E-state index >= 15 is 0 Å². The Balaban J connectivity index is 1.38. The summed E-state index contributed by atoms with van der Waals surface area (Å²) in [5.74, 6) is 0.638. The van der Waals surface area contributed by atoms with E-state index < -0.39 is 0 Å². The standard InChI is InChI=1S/C25H27N3O3/c1-18-4-3-5-20(16-18)23-11-10-22(24(29)26-23)25(30)28-14-12-27(13-15-28)17-19-6-8-21(31-2)9-7-19/h3-11,16H,12-15,17H2,1-2H3,(H,26,29). The Morgan fingerprint density at radius 2 is 1.74 bits per heavy atom. The number of methoxy groups -OCH3 is 1. The molecule has 6 heteroatoms. The highest BCUT2D eigenvalue weighted by atomic mass is 16.5. The van der Waals surface area contributed by atoms with Crippen LogP contribution in [0, 0.1) is 6.92 Å². The van der Waals surface area contributed by atoms with Crippen LogP contribution in [0.4, 0.5) is 0 Å². The van der Waals surface area contributed by atoms with Crippen molar-refractivity contribution < 1.29 is 9.53 Å². The molecule has 0 atom stereocenters. The monoisotopic (exact) mass is 417 g/mol. The molecule has 0 unspecified atom stereocenters. The molecular formula is C25H27N3O3. The Morgan fingerprint density at radius 3 is 2.39 bits per heavy atom. The molecule has 6 nitrogen and oxygen atoms in total. The number of carbonyl (C=O) groups excluding carboxylic acids is 1. The smallest absolute Gasteiger partial charge is 0.261 e. The molecule has 4 rings (SSSR count). The fourth-order valence-corrected chi connectivity index (χ4v) is 3.89. The number of piperazine rings is 1. The van der Waals surface area contributed by atoms with E-state index in [1.807, 2.05) is 49.4 Å². The van der Waals surface area contributed by atoms with Crippen LogP contribution >= 0.6 is 0 Å². The normalized spacial score (nSPS) is 14.5. The second-order valence-corrected chi connectivity index (χ2v) is 7.90. The van der Waals surface area contributed by atoms with Crippen LogP contribution in [-0.4, -0.2) is 54.0 Å². The third-order valence-corrected chi connectivity index (χ3v) is 5.69.